The molecule has 0 spiro atoms. The third kappa shape index (κ3) is 2.61. The van der Waals surface area contributed by atoms with Gasteiger partial charge < -0.3 is 0 Å². The molecule has 1 aromatic carbocycles. The number of hydrogen-bond donors (Lipinski definition) is 0. The van der Waals surface area contributed by atoms with Crippen LogP contribution in [0.15, 0.2) is 18.2 Å². The van der Waals surface area contributed by atoms with Crippen LogP contribution in [0, 0.1) is 13.8 Å². The highest BCUT2D eigenvalue weighted by Gasteiger charge is 2.31. The van der Waals surface area contributed by atoms with Gasteiger partial charge in [-0.3, -0.25) is 0 Å². The lowest BCUT2D eigenvalue weighted by Crippen LogP contribution is -2.06. The summed E-state index contributed by atoms with van der Waals surface area (Å²) in [4.78, 5) is 0. The number of alkyl halides is 3. The molecule has 1 aromatic heterocycles. The number of halogens is 3. The van der Waals surface area contributed by atoms with Crippen LogP contribution in [-0.2, 0) is 6.18 Å². The number of nitrogens with zero attached hydrogens (tertiary/aromatic N) is 4. The molecule has 2 aromatic rings. The Morgan fingerprint density at radius 1 is 0.889 bits per heavy atom. The summed E-state index contributed by atoms with van der Waals surface area (Å²) in [6.45, 7) is 3.18. The van der Waals surface area contributed by atoms with Crippen molar-refractivity contribution in [2.24, 2.45) is 0 Å². The second-order valence-corrected chi connectivity index (χ2v) is 3.86. The molecule has 0 saturated heterocycles. The molecule has 0 aliphatic carbocycles. The number of rotatable bonds is 1. The molecule has 0 aliphatic heterocycles. The molecular formula is C11H9F3N4. The lowest BCUT2D eigenvalue weighted by atomic mass is 10.1. The summed E-state index contributed by atoms with van der Waals surface area (Å²) in [5.74, 6) is 0.442. The first-order chi connectivity index (χ1) is 8.36. The maximum atomic E-state index is 12.7. The quantitative estimate of drug-likeness (QED) is 0.784. The first kappa shape index (κ1) is 12.4. The van der Waals surface area contributed by atoms with E-state index in [1.807, 2.05) is 0 Å². The third-order valence-electron chi connectivity index (χ3n) is 2.24. The number of aryl methyl sites for hydroxylation is 2. The van der Waals surface area contributed by atoms with E-state index in [2.05, 4.69) is 20.4 Å². The molecule has 0 fully saturated rings. The Hall–Kier alpha value is -2.05. The average molecular weight is 254 g/mol. The summed E-state index contributed by atoms with van der Waals surface area (Å²) in [5.41, 5.74) is -0.00648. The van der Waals surface area contributed by atoms with E-state index in [1.54, 1.807) is 19.9 Å². The molecule has 94 valence electrons. The van der Waals surface area contributed by atoms with Crippen LogP contribution in [0.1, 0.15) is 17.0 Å². The second-order valence-electron chi connectivity index (χ2n) is 3.86. The third-order valence-corrected chi connectivity index (χ3v) is 2.24. The van der Waals surface area contributed by atoms with E-state index < -0.39 is 11.7 Å². The minimum atomic E-state index is -4.40. The Kier molecular flexibility index (Phi) is 2.98. The first-order valence-corrected chi connectivity index (χ1v) is 5.09. The molecule has 0 amide bonds. The Bertz CT molecular complexity index is 563. The van der Waals surface area contributed by atoms with Crippen molar-refractivity contribution in [3.63, 3.8) is 0 Å². The van der Waals surface area contributed by atoms with E-state index in [4.69, 9.17) is 0 Å². The molecule has 0 unspecified atom stereocenters. The van der Waals surface area contributed by atoms with E-state index in [0.29, 0.717) is 11.4 Å². The monoisotopic (exact) mass is 254 g/mol. The van der Waals surface area contributed by atoms with Gasteiger partial charge in [0.2, 0.25) is 5.82 Å². The average Bonchev–Trinajstić information content (AvgIpc) is 2.28. The van der Waals surface area contributed by atoms with Crippen molar-refractivity contribution in [1.29, 1.82) is 0 Å². The van der Waals surface area contributed by atoms with Crippen molar-refractivity contribution in [3.05, 3.63) is 35.2 Å². The SMILES string of the molecule is Cc1cc(-c2nnc(C)nn2)cc(C(F)(F)F)c1. The molecule has 0 radical (unpaired) electrons. The fourth-order valence-electron chi connectivity index (χ4n) is 1.47. The molecular weight excluding hydrogens is 245 g/mol. The van der Waals surface area contributed by atoms with Gasteiger partial charge in [0.25, 0.3) is 0 Å². The van der Waals surface area contributed by atoms with Crippen molar-refractivity contribution in [3.8, 4) is 11.4 Å². The van der Waals surface area contributed by atoms with E-state index in [-0.39, 0.29) is 11.4 Å². The fraction of sp³-hybridized carbons (Fsp3) is 0.273. The summed E-state index contributed by atoms with van der Waals surface area (Å²) in [6, 6.07) is 3.61. The van der Waals surface area contributed by atoms with Crippen LogP contribution in [0.3, 0.4) is 0 Å². The van der Waals surface area contributed by atoms with Crippen LogP contribution in [0.2, 0.25) is 0 Å². The topological polar surface area (TPSA) is 51.6 Å². The van der Waals surface area contributed by atoms with Gasteiger partial charge in [0, 0.05) is 5.56 Å². The second kappa shape index (κ2) is 4.32. The molecule has 0 saturated carbocycles. The Labute approximate surface area is 101 Å². The number of aromatic nitrogens is 4. The Balaban J connectivity index is 2.52. The molecule has 2 rings (SSSR count). The normalized spacial score (nSPS) is 11.6. The maximum absolute atomic E-state index is 12.7. The molecule has 7 heteroatoms. The van der Waals surface area contributed by atoms with Crippen LogP contribution in [0.4, 0.5) is 13.2 Å². The highest BCUT2D eigenvalue weighted by Crippen LogP contribution is 2.32. The van der Waals surface area contributed by atoms with Crippen LogP contribution in [-0.4, -0.2) is 20.4 Å². The van der Waals surface area contributed by atoms with Crippen molar-refractivity contribution < 1.29 is 13.2 Å². The smallest absolute Gasteiger partial charge is 0.166 e. The van der Waals surface area contributed by atoms with E-state index in [1.165, 1.54) is 0 Å². The van der Waals surface area contributed by atoms with Gasteiger partial charge in [-0.2, -0.15) is 13.2 Å². The fourth-order valence-corrected chi connectivity index (χ4v) is 1.47. The predicted octanol–water partition coefficient (Wildman–Crippen LogP) is 2.57. The van der Waals surface area contributed by atoms with Gasteiger partial charge in [-0.25, -0.2) is 0 Å². The van der Waals surface area contributed by atoms with E-state index in [9.17, 15) is 13.2 Å². The van der Waals surface area contributed by atoms with Gasteiger partial charge in [-0.1, -0.05) is 0 Å². The molecule has 4 nitrogen and oxygen atoms in total. The van der Waals surface area contributed by atoms with Crippen LogP contribution in [0.25, 0.3) is 11.4 Å². The Morgan fingerprint density at radius 2 is 1.50 bits per heavy atom. The van der Waals surface area contributed by atoms with Crippen LogP contribution in [0.5, 0.6) is 0 Å². The molecule has 18 heavy (non-hydrogen) atoms. The standard InChI is InChI=1S/C11H9F3N4/c1-6-3-8(5-9(4-6)11(12,13)14)10-17-15-7(2)16-18-10/h3-5H,1-2H3. The van der Waals surface area contributed by atoms with Gasteiger partial charge in [0.05, 0.1) is 5.56 Å². The summed E-state index contributed by atoms with van der Waals surface area (Å²) in [7, 11) is 0. The first-order valence-electron chi connectivity index (χ1n) is 5.09. The molecule has 0 atom stereocenters. The molecule has 0 bridgehead atoms. The maximum Gasteiger partial charge on any atom is 0.416 e. The molecule has 1 heterocycles. The van der Waals surface area contributed by atoms with Crippen molar-refractivity contribution >= 4 is 0 Å². The van der Waals surface area contributed by atoms with Gasteiger partial charge in [-0.05, 0) is 37.6 Å². The van der Waals surface area contributed by atoms with Gasteiger partial charge in [0.15, 0.2) is 5.82 Å². The van der Waals surface area contributed by atoms with Crippen LogP contribution >= 0.6 is 0 Å². The van der Waals surface area contributed by atoms with Crippen molar-refractivity contribution in [2.75, 3.05) is 0 Å². The van der Waals surface area contributed by atoms with Gasteiger partial charge >= 0.3 is 6.18 Å². The summed E-state index contributed by atoms with van der Waals surface area (Å²) < 4.78 is 38.0. The van der Waals surface area contributed by atoms with Crippen molar-refractivity contribution in [1.82, 2.24) is 20.4 Å². The zero-order chi connectivity index (χ0) is 13.3. The zero-order valence-electron chi connectivity index (χ0n) is 9.65. The highest BCUT2D eigenvalue weighted by molar-refractivity contribution is 5.57. The lowest BCUT2D eigenvalue weighted by Gasteiger charge is -2.09. The zero-order valence-corrected chi connectivity index (χ0v) is 9.65. The largest absolute Gasteiger partial charge is 0.416 e. The summed E-state index contributed by atoms with van der Waals surface area (Å²) in [6.07, 6.45) is -4.40. The molecule has 0 N–H and O–H groups in total. The number of hydrogen-bond acceptors (Lipinski definition) is 4. The lowest BCUT2D eigenvalue weighted by molar-refractivity contribution is -0.137. The minimum absolute atomic E-state index is 0.0785. The van der Waals surface area contributed by atoms with Crippen molar-refractivity contribution in [2.45, 2.75) is 20.0 Å². The van der Waals surface area contributed by atoms with E-state index >= 15 is 0 Å². The molecule has 0 aliphatic rings. The number of benzene rings is 1. The highest BCUT2D eigenvalue weighted by atomic mass is 19.4. The van der Waals surface area contributed by atoms with E-state index in [0.717, 1.165) is 12.1 Å². The summed E-state index contributed by atoms with van der Waals surface area (Å²) >= 11 is 0. The predicted molar refractivity (Wildman–Crippen MR) is 57.5 cm³/mol. The van der Waals surface area contributed by atoms with Gasteiger partial charge in [-0.15, -0.1) is 20.4 Å². The minimum Gasteiger partial charge on any atom is -0.166 e. The van der Waals surface area contributed by atoms with Gasteiger partial charge in [0.1, 0.15) is 0 Å². The Morgan fingerprint density at radius 3 is 2.06 bits per heavy atom. The van der Waals surface area contributed by atoms with Crippen LogP contribution < -0.4 is 0 Å². The summed E-state index contributed by atoms with van der Waals surface area (Å²) in [5, 5.41) is 14.8.